The van der Waals surface area contributed by atoms with Crippen LogP contribution in [0.5, 0.6) is 0 Å². The molecule has 106 valence electrons. The van der Waals surface area contributed by atoms with E-state index in [4.69, 9.17) is 6.57 Å². The molecular weight excluding hydrogens is 246 g/mol. The van der Waals surface area contributed by atoms with Crippen LogP contribution in [0.4, 0.5) is 0 Å². The van der Waals surface area contributed by atoms with E-state index < -0.39 is 0 Å². The lowest BCUT2D eigenvalue weighted by molar-refractivity contribution is 0.264. The Balaban J connectivity index is 0.000000704. The minimum atomic E-state index is 0.611. The number of hydrogen-bond acceptors (Lipinski definition) is 1. The van der Waals surface area contributed by atoms with Crippen molar-refractivity contribution in [3.05, 3.63) is 46.9 Å². The summed E-state index contributed by atoms with van der Waals surface area (Å²) in [5, 5.41) is 1.38. The third-order valence-corrected chi connectivity index (χ3v) is 3.92. The van der Waals surface area contributed by atoms with Gasteiger partial charge in [-0.2, -0.15) is 0 Å². The number of benzene rings is 1. The van der Waals surface area contributed by atoms with Crippen LogP contribution >= 0.6 is 0 Å². The molecule has 1 aliphatic rings. The van der Waals surface area contributed by atoms with Gasteiger partial charge < -0.3 is 9.41 Å². The van der Waals surface area contributed by atoms with Crippen molar-refractivity contribution in [1.29, 1.82) is 0 Å². The van der Waals surface area contributed by atoms with Gasteiger partial charge in [0.05, 0.1) is 6.54 Å². The lowest BCUT2D eigenvalue weighted by Crippen LogP contribution is -2.32. The van der Waals surface area contributed by atoms with Crippen molar-refractivity contribution < 1.29 is 0 Å². The summed E-state index contributed by atoms with van der Waals surface area (Å²) in [5.41, 5.74) is 4.26. The standard InChI is InChI=1S/C15H17N3.C2H6/c1-16-8-10-18-9-7-15-13(11-18)12-5-3-4-6-14(12)17(15)2;1-2/h3-6H,7-11H2,2H3;1-2H3. The van der Waals surface area contributed by atoms with Gasteiger partial charge in [0.15, 0.2) is 0 Å². The van der Waals surface area contributed by atoms with Gasteiger partial charge in [0, 0.05) is 43.2 Å². The molecule has 0 radical (unpaired) electrons. The summed E-state index contributed by atoms with van der Waals surface area (Å²) in [7, 11) is 2.16. The average molecular weight is 269 g/mol. The molecule has 0 amide bonds. The zero-order valence-corrected chi connectivity index (χ0v) is 12.7. The third kappa shape index (κ3) is 2.57. The summed E-state index contributed by atoms with van der Waals surface area (Å²) in [6.07, 6.45) is 1.10. The molecule has 0 bridgehead atoms. The Morgan fingerprint density at radius 3 is 2.75 bits per heavy atom. The smallest absolute Gasteiger partial charge is 0.227 e. The third-order valence-electron chi connectivity index (χ3n) is 3.92. The maximum atomic E-state index is 6.90. The molecule has 1 aromatic heterocycles. The molecule has 0 N–H and O–H groups in total. The predicted molar refractivity (Wildman–Crippen MR) is 84.7 cm³/mol. The first-order valence-corrected chi connectivity index (χ1v) is 7.42. The Morgan fingerprint density at radius 1 is 1.25 bits per heavy atom. The van der Waals surface area contributed by atoms with Gasteiger partial charge in [0.25, 0.3) is 0 Å². The molecule has 1 aliphatic heterocycles. The van der Waals surface area contributed by atoms with Crippen molar-refractivity contribution in [2.75, 3.05) is 19.6 Å². The number of rotatable bonds is 2. The van der Waals surface area contributed by atoms with Crippen molar-refractivity contribution in [1.82, 2.24) is 9.47 Å². The molecule has 0 aliphatic carbocycles. The fourth-order valence-corrected chi connectivity index (χ4v) is 2.97. The van der Waals surface area contributed by atoms with Gasteiger partial charge in [-0.1, -0.05) is 32.0 Å². The van der Waals surface area contributed by atoms with E-state index in [9.17, 15) is 0 Å². The highest BCUT2D eigenvalue weighted by molar-refractivity contribution is 5.85. The van der Waals surface area contributed by atoms with E-state index in [1.807, 2.05) is 13.8 Å². The largest absolute Gasteiger partial charge is 0.347 e. The number of hydrogen-bond donors (Lipinski definition) is 0. The van der Waals surface area contributed by atoms with E-state index in [1.54, 1.807) is 0 Å². The van der Waals surface area contributed by atoms with Crippen molar-refractivity contribution in [2.45, 2.75) is 26.8 Å². The number of aryl methyl sites for hydroxylation is 1. The molecule has 3 heteroatoms. The topological polar surface area (TPSA) is 12.5 Å². The Hall–Kier alpha value is -1.79. The van der Waals surface area contributed by atoms with E-state index in [0.29, 0.717) is 6.54 Å². The highest BCUT2D eigenvalue weighted by atomic mass is 15.1. The first-order chi connectivity index (χ1) is 9.81. The fourth-order valence-electron chi connectivity index (χ4n) is 2.97. The number of para-hydroxylation sites is 1. The monoisotopic (exact) mass is 269 g/mol. The molecule has 0 spiro atoms. The van der Waals surface area contributed by atoms with Crippen LogP contribution in [-0.4, -0.2) is 29.1 Å². The van der Waals surface area contributed by atoms with E-state index >= 15 is 0 Å². The second kappa shape index (κ2) is 6.58. The minimum absolute atomic E-state index is 0.611. The molecule has 0 saturated heterocycles. The maximum absolute atomic E-state index is 6.90. The zero-order chi connectivity index (χ0) is 14.5. The van der Waals surface area contributed by atoms with Crippen LogP contribution < -0.4 is 0 Å². The van der Waals surface area contributed by atoms with Crippen LogP contribution in [0.15, 0.2) is 24.3 Å². The summed E-state index contributed by atoms with van der Waals surface area (Å²) >= 11 is 0. The Labute approximate surface area is 121 Å². The maximum Gasteiger partial charge on any atom is 0.227 e. The molecule has 0 atom stereocenters. The highest BCUT2D eigenvalue weighted by Gasteiger charge is 2.22. The van der Waals surface area contributed by atoms with Gasteiger partial charge in [-0.15, -0.1) is 0 Å². The molecule has 3 nitrogen and oxygen atoms in total. The molecule has 1 aromatic carbocycles. The SMILES string of the molecule is CC.[C-]#[N+]CCN1CCc2c(c3ccccc3n2C)C1. The minimum Gasteiger partial charge on any atom is -0.347 e. The Bertz CT molecular complexity index is 619. The lowest BCUT2D eigenvalue weighted by atomic mass is 10.0. The molecule has 2 heterocycles. The Morgan fingerprint density at radius 2 is 2.00 bits per heavy atom. The molecular formula is C17H23N3. The molecule has 0 fully saturated rings. The summed E-state index contributed by atoms with van der Waals surface area (Å²) in [6.45, 7) is 14.5. The van der Waals surface area contributed by atoms with Gasteiger partial charge >= 0.3 is 0 Å². The van der Waals surface area contributed by atoms with Crippen LogP contribution in [0.2, 0.25) is 0 Å². The number of fused-ring (bicyclic) bond motifs is 3. The lowest BCUT2D eigenvalue weighted by Gasteiger charge is -2.26. The molecule has 2 aromatic rings. The first-order valence-electron chi connectivity index (χ1n) is 7.42. The fraction of sp³-hybridized carbons (Fsp3) is 0.471. The molecule has 0 saturated carbocycles. The first kappa shape index (κ1) is 14.6. The van der Waals surface area contributed by atoms with Crippen molar-refractivity contribution >= 4 is 10.9 Å². The summed E-state index contributed by atoms with van der Waals surface area (Å²) in [6, 6.07) is 8.62. The second-order valence-corrected chi connectivity index (χ2v) is 4.91. The van der Waals surface area contributed by atoms with Crippen LogP contribution in [0.3, 0.4) is 0 Å². The number of nitrogens with zero attached hydrogens (tertiary/aromatic N) is 3. The summed E-state index contributed by atoms with van der Waals surface area (Å²) in [5.74, 6) is 0. The van der Waals surface area contributed by atoms with Gasteiger partial charge in [0.1, 0.15) is 0 Å². The zero-order valence-electron chi connectivity index (χ0n) is 12.7. The van der Waals surface area contributed by atoms with E-state index in [1.165, 1.54) is 22.2 Å². The average Bonchev–Trinajstić information content (AvgIpc) is 2.81. The normalized spacial score (nSPS) is 14.3. The predicted octanol–water partition coefficient (Wildman–Crippen LogP) is 3.48. The number of aromatic nitrogens is 1. The van der Waals surface area contributed by atoms with Crippen molar-refractivity contribution in [3.63, 3.8) is 0 Å². The molecule has 20 heavy (non-hydrogen) atoms. The van der Waals surface area contributed by atoms with Gasteiger partial charge in [0.2, 0.25) is 6.54 Å². The van der Waals surface area contributed by atoms with Crippen molar-refractivity contribution in [2.24, 2.45) is 7.05 Å². The Kier molecular flexibility index (Phi) is 4.81. The summed E-state index contributed by atoms with van der Waals surface area (Å²) < 4.78 is 2.33. The van der Waals surface area contributed by atoms with E-state index in [2.05, 4.69) is 45.6 Å². The molecule has 0 unspecified atom stereocenters. The van der Waals surface area contributed by atoms with Crippen LogP contribution in [0.1, 0.15) is 25.1 Å². The summed E-state index contributed by atoms with van der Waals surface area (Å²) in [4.78, 5) is 5.85. The van der Waals surface area contributed by atoms with Gasteiger partial charge in [-0.3, -0.25) is 4.90 Å². The van der Waals surface area contributed by atoms with Crippen LogP contribution in [0.25, 0.3) is 15.7 Å². The van der Waals surface area contributed by atoms with E-state index in [-0.39, 0.29) is 0 Å². The second-order valence-electron chi connectivity index (χ2n) is 4.91. The quantitative estimate of drug-likeness (QED) is 0.760. The van der Waals surface area contributed by atoms with Crippen LogP contribution in [-0.2, 0) is 20.0 Å². The highest BCUT2D eigenvalue weighted by Crippen LogP contribution is 2.29. The van der Waals surface area contributed by atoms with Gasteiger partial charge in [-0.05, 0) is 11.6 Å². The molecule has 3 rings (SSSR count). The van der Waals surface area contributed by atoms with Crippen molar-refractivity contribution in [3.8, 4) is 0 Å². The van der Waals surface area contributed by atoms with Gasteiger partial charge in [-0.25, -0.2) is 6.57 Å². The van der Waals surface area contributed by atoms with E-state index in [0.717, 1.165) is 26.1 Å². The van der Waals surface area contributed by atoms with Crippen LogP contribution in [0, 0.1) is 6.57 Å².